The molecule has 0 amide bonds. The van der Waals surface area contributed by atoms with Gasteiger partial charge in [-0.25, -0.2) is 0 Å². The minimum Gasteiger partial charge on any atom is -0.302 e. The molecule has 0 atom stereocenters. The number of allylic oxidation sites excluding steroid dienone is 1. The summed E-state index contributed by atoms with van der Waals surface area (Å²) >= 11 is 0.0727. The minimum absolute atomic E-state index is 0.0727. The van der Waals surface area contributed by atoms with Crippen molar-refractivity contribution < 1.29 is 0 Å². The lowest BCUT2D eigenvalue weighted by atomic mass is 10.5. The van der Waals surface area contributed by atoms with Crippen LogP contribution in [0.15, 0.2) is 10.2 Å². The summed E-state index contributed by atoms with van der Waals surface area (Å²) in [5.74, 6) is 0. The predicted molar refractivity (Wildman–Crippen MR) is 48.3 cm³/mol. The Bertz CT molecular complexity index is 101. The van der Waals surface area contributed by atoms with E-state index in [-0.39, 0.29) is 20.7 Å². The lowest BCUT2D eigenvalue weighted by Gasteiger charge is -1.79. The Kier molecular flexibility index (Phi) is 5.64. The molecule has 1 nitrogen and oxygen atoms in total. The van der Waals surface area contributed by atoms with Gasteiger partial charge >= 0.3 is 0 Å². The first-order valence-electron chi connectivity index (χ1n) is 2.64. The highest BCUT2D eigenvalue weighted by atomic mass is 127. The van der Waals surface area contributed by atoms with Gasteiger partial charge < -0.3 is 5.73 Å². The number of nitrogens with two attached hydrogens (primary N) is 1. The highest BCUT2D eigenvalue weighted by Gasteiger charge is 1.68. The Morgan fingerprint density at radius 2 is 2.38 bits per heavy atom. The van der Waals surface area contributed by atoms with E-state index >= 15 is 0 Å². The van der Waals surface area contributed by atoms with Gasteiger partial charge in [0.2, 0.25) is 0 Å². The third kappa shape index (κ3) is 6.30. The second-order valence-electron chi connectivity index (χ2n) is 1.47. The first-order valence-corrected chi connectivity index (χ1v) is 4.97. The summed E-state index contributed by atoms with van der Waals surface area (Å²) < 4.78 is 3.29. The average Bonchev–Trinajstić information content (AvgIpc) is 1.66. The molecule has 2 N–H and O–H groups in total. The molecule has 0 rings (SSSR count). The van der Waals surface area contributed by atoms with E-state index < -0.39 is 0 Å². The van der Waals surface area contributed by atoms with E-state index in [9.17, 15) is 0 Å². The molecule has 0 radical (unpaired) electrons. The van der Waals surface area contributed by atoms with Crippen molar-refractivity contribution >= 4 is 24.4 Å². The largest absolute Gasteiger partial charge is 0.302 e. The van der Waals surface area contributed by atoms with Crippen molar-refractivity contribution in [3.8, 4) is 0 Å². The van der Waals surface area contributed by atoms with Gasteiger partial charge in [0.15, 0.2) is 0 Å². The molecule has 0 saturated carbocycles. The maximum atomic E-state index is 5.45. The minimum atomic E-state index is 0.0727. The fourth-order valence-corrected chi connectivity index (χ4v) is 1.56. The van der Waals surface area contributed by atoms with E-state index in [0.29, 0.717) is 0 Å². The van der Waals surface area contributed by atoms with Crippen LogP contribution in [0.25, 0.3) is 0 Å². The third-order valence-corrected chi connectivity index (χ3v) is 2.41. The van der Waals surface area contributed by atoms with Crippen molar-refractivity contribution in [3.63, 3.8) is 0 Å². The van der Waals surface area contributed by atoms with E-state index in [1.807, 2.05) is 6.92 Å². The SMILES string of the molecule is CC/C=C/I=C(C)N. The smallest absolute Gasteiger partial charge is 0.0193 e. The summed E-state index contributed by atoms with van der Waals surface area (Å²) in [5, 5.41) is 0. The summed E-state index contributed by atoms with van der Waals surface area (Å²) in [6, 6.07) is 0. The summed E-state index contributed by atoms with van der Waals surface area (Å²) in [4.78, 5) is 0. The normalized spacial score (nSPS) is 14.1. The molecule has 0 fully saturated rings. The number of rotatable bonds is 2. The highest BCUT2D eigenvalue weighted by molar-refractivity contribution is 14.2. The number of hydrogen-bond acceptors (Lipinski definition) is 1. The first-order chi connectivity index (χ1) is 3.77. The summed E-state index contributed by atoms with van der Waals surface area (Å²) in [6.07, 6.45) is 3.30. The van der Waals surface area contributed by atoms with Gasteiger partial charge in [-0.1, -0.05) is 33.7 Å². The van der Waals surface area contributed by atoms with Gasteiger partial charge in [0.05, 0.1) is 0 Å². The predicted octanol–water partition coefficient (Wildman–Crippen LogP) is 1.99. The van der Waals surface area contributed by atoms with E-state index in [0.717, 1.165) is 10.1 Å². The van der Waals surface area contributed by atoms with Crippen LogP contribution in [0.4, 0.5) is 0 Å². The Labute approximate surface area is 60.7 Å². The first kappa shape index (κ1) is 8.30. The zero-order valence-corrected chi connectivity index (χ0v) is 7.47. The van der Waals surface area contributed by atoms with Gasteiger partial charge in [-0.15, -0.1) is 0 Å². The van der Waals surface area contributed by atoms with Crippen molar-refractivity contribution in [2.24, 2.45) is 5.73 Å². The quantitative estimate of drug-likeness (QED) is 0.714. The van der Waals surface area contributed by atoms with Gasteiger partial charge in [-0.2, -0.15) is 0 Å². The molecule has 0 aromatic heterocycles. The van der Waals surface area contributed by atoms with E-state index in [4.69, 9.17) is 5.73 Å². The number of halogens is 1. The third-order valence-electron chi connectivity index (χ3n) is 0.560. The molecule has 0 saturated heterocycles. The van der Waals surface area contributed by atoms with E-state index in [1.165, 1.54) is 0 Å². The standard InChI is InChI=1S/C6H12IN/c1-3-4-5-7-6(2)8/h4-5H,3,8H2,1-2H3/b5-4+. The van der Waals surface area contributed by atoms with Crippen LogP contribution >= 0.6 is 20.7 Å². The Balaban J connectivity index is 3.42. The molecule has 48 valence electrons. The maximum absolute atomic E-state index is 5.45. The topological polar surface area (TPSA) is 26.0 Å². The van der Waals surface area contributed by atoms with Crippen molar-refractivity contribution in [2.45, 2.75) is 20.3 Å². The van der Waals surface area contributed by atoms with E-state index in [2.05, 4.69) is 17.1 Å². The molecular weight excluding hydrogens is 213 g/mol. The van der Waals surface area contributed by atoms with Crippen LogP contribution in [0.5, 0.6) is 0 Å². The molecule has 2 heteroatoms. The van der Waals surface area contributed by atoms with Gasteiger partial charge in [-0.3, -0.25) is 0 Å². The van der Waals surface area contributed by atoms with Crippen molar-refractivity contribution in [3.05, 3.63) is 10.2 Å². The second kappa shape index (κ2) is 5.44. The van der Waals surface area contributed by atoms with Gasteiger partial charge in [0.1, 0.15) is 0 Å². The average molecular weight is 225 g/mol. The lowest BCUT2D eigenvalue weighted by molar-refractivity contribution is 1.23. The van der Waals surface area contributed by atoms with Crippen LogP contribution in [0.2, 0.25) is 0 Å². The molecule has 8 heavy (non-hydrogen) atoms. The van der Waals surface area contributed by atoms with Crippen LogP contribution in [-0.2, 0) is 0 Å². The van der Waals surface area contributed by atoms with Gasteiger partial charge in [-0.05, 0) is 17.4 Å². The van der Waals surface area contributed by atoms with Crippen molar-refractivity contribution in [1.29, 1.82) is 0 Å². The molecule has 0 bridgehead atoms. The zero-order chi connectivity index (χ0) is 6.41. The maximum Gasteiger partial charge on any atom is 0.0193 e. The van der Waals surface area contributed by atoms with E-state index in [1.54, 1.807) is 0 Å². The summed E-state index contributed by atoms with van der Waals surface area (Å²) in [7, 11) is 0. The molecule has 0 aromatic rings. The molecule has 0 aliphatic carbocycles. The Morgan fingerprint density at radius 3 is 2.75 bits per heavy atom. The molecule has 0 aliphatic rings. The summed E-state index contributed by atoms with van der Waals surface area (Å²) in [6.45, 7) is 4.11. The van der Waals surface area contributed by atoms with Crippen LogP contribution < -0.4 is 5.73 Å². The van der Waals surface area contributed by atoms with Crippen molar-refractivity contribution in [2.75, 3.05) is 0 Å². The van der Waals surface area contributed by atoms with Crippen molar-refractivity contribution in [1.82, 2.24) is 0 Å². The molecule has 0 aromatic carbocycles. The van der Waals surface area contributed by atoms with Crippen LogP contribution in [0.1, 0.15) is 20.3 Å². The number of hydrogen-bond donors (Lipinski definition) is 1. The Hall–Kier alpha value is 0.300. The van der Waals surface area contributed by atoms with Crippen LogP contribution in [-0.4, -0.2) is 3.63 Å². The lowest BCUT2D eigenvalue weighted by Crippen LogP contribution is -1.99. The Morgan fingerprint density at radius 1 is 1.75 bits per heavy atom. The van der Waals surface area contributed by atoms with Crippen LogP contribution in [0.3, 0.4) is 0 Å². The fourth-order valence-electron chi connectivity index (χ4n) is 0.233. The molecule has 0 spiro atoms. The van der Waals surface area contributed by atoms with Crippen LogP contribution in [0, 0.1) is 0 Å². The zero-order valence-electron chi connectivity index (χ0n) is 5.32. The van der Waals surface area contributed by atoms with Gasteiger partial charge in [0.25, 0.3) is 0 Å². The monoisotopic (exact) mass is 225 g/mol. The molecule has 0 heterocycles. The molecule has 0 unspecified atom stereocenters. The van der Waals surface area contributed by atoms with Gasteiger partial charge in [0, 0.05) is 3.63 Å². The highest BCUT2D eigenvalue weighted by Crippen LogP contribution is 1.99. The fraction of sp³-hybridized carbons (Fsp3) is 0.500. The molecule has 0 aliphatic heterocycles. The second-order valence-corrected chi connectivity index (χ2v) is 4.51. The summed E-state index contributed by atoms with van der Waals surface area (Å²) in [5.41, 5.74) is 5.45. The molecular formula is C6H12IN.